The van der Waals surface area contributed by atoms with Crippen LogP contribution in [0.1, 0.15) is 71.1 Å². The quantitative estimate of drug-likeness (QED) is 0.287. The first-order valence-corrected chi connectivity index (χ1v) is 14.2. The van der Waals surface area contributed by atoms with Crippen molar-refractivity contribution in [2.24, 2.45) is 17.3 Å². The van der Waals surface area contributed by atoms with Crippen LogP contribution in [0, 0.1) is 17.3 Å². The molecule has 5 heteroatoms. The number of nitrogens with zero attached hydrogens (tertiary/aromatic N) is 2. The molecule has 0 aliphatic heterocycles. The molecule has 5 nitrogen and oxygen atoms in total. The summed E-state index contributed by atoms with van der Waals surface area (Å²) in [6.45, 7) is 9.29. The first-order valence-electron chi connectivity index (χ1n) is 14.2. The van der Waals surface area contributed by atoms with E-state index in [1.165, 1.54) is 11.1 Å². The van der Waals surface area contributed by atoms with E-state index in [4.69, 9.17) is 14.7 Å². The van der Waals surface area contributed by atoms with Crippen LogP contribution in [-0.4, -0.2) is 23.0 Å². The maximum Gasteiger partial charge on any atom is 0.225 e. The van der Waals surface area contributed by atoms with E-state index in [-0.39, 0.29) is 11.3 Å². The Balaban J connectivity index is 1.57. The first kappa shape index (κ1) is 28.5. The van der Waals surface area contributed by atoms with E-state index in [0.29, 0.717) is 24.1 Å². The minimum absolute atomic E-state index is 0.0122. The summed E-state index contributed by atoms with van der Waals surface area (Å²) in [5.74, 6) is 2.47. The minimum atomic E-state index is -0.0122. The van der Waals surface area contributed by atoms with Gasteiger partial charge >= 0.3 is 0 Å². The lowest BCUT2D eigenvalue weighted by atomic mass is 9.69. The molecule has 2 aromatic carbocycles. The lowest BCUT2D eigenvalue weighted by Crippen LogP contribution is -2.28. The second-order valence-corrected chi connectivity index (χ2v) is 11.9. The van der Waals surface area contributed by atoms with E-state index < -0.39 is 0 Å². The smallest absolute Gasteiger partial charge is 0.225 e. The van der Waals surface area contributed by atoms with Gasteiger partial charge in [-0.15, -0.1) is 0 Å². The Hall–Kier alpha value is -3.47. The summed E-state index contributed by atoms with van der Waals surface area (Å²) in [4.78, 5) is 22.9. The largest absolute Gasteiger partial charge is 0.497 e. The van der Waals surface area contributed by atoms with Crippen LogP contribution in [0.25, 0.3) is 11.3 Å². The first-order chi connectivity index (χ1) is 18.7. The SMILES string of the molecule is COc1ccc(-c2cnc(NC(=O)CCCc3ccccc3)c(CC3(C)CC(C)/C=C(\C)CC(C)C3)n2)cc1. The zero-order chi connectivity index (χ0) is 27.8. The lowest BCUT2D eigenvalue weighted by molar-refractivity contribution is -0.116. The number of anilines is 1. The van der Waals surface area contributed by atoms with Crippen LogP contribution in [0.2, 0.25) is 0 Å². The highest BCUT2D eigenvalue weighted by Gasteiger charge is 2.32. The highest BCUT2D eigenvalue weighted by Crippen LogP contribution is 2.41. The molecule has 1 N–H and O–H groups in total. The van der Waals surface area contributed by atoms with Crippen LogP contribution in [0.3, 0.4) is 0 Å². The number of ether oxygens (including phenoxy) is 1. The Kier molecular flexibility index (Phi) is 9.55. The highest BCUT2D eigenvalue weighted by atomic mass is 16.5. The van der Waals surface area contributed by atoms with Gasteiger partial charge in [-0.05, 0) is 92.5 Å². The highest BCUT2D eigenvalue weighted by molar-refractivity contribution is 5.90. The summed E-state index contributed by atoms with van der Waals surface area (Å²) < 4.78 is 5.33. The van der Waals surface area contributed by atoms with Crippen LogP contribution < -0.4 is 10.1 Å². The van der Waals surface area contributed by atoms with Crippen molar-refractivity contribution in [3.8, 4) is 17.0 Å². The molecule has 3 atom stereocenters. The van der Waals surface area contributed by atoms with Crippen molar-refractivity contribution in [2.75, 3.05) is 12.4 Å². The molecule has 3 unspecified atom stereocenters. The van der Waals surface area contributed by atoms with Gasteiger partial charge in [0.05, 0.1) is 24.7 Å². The van der Waals surface area contributed by atoms with Crippen molar-refractivity contribution in [3.63, 3.8) is 0 Å². The van der Waals surface area contributed by atoms with E-state index >= 15 is 0 Å². The lowest BCUT2D eigenvalue weighted by Gasteiger charge is -2.36. The number of hydrogen-bond donors (Lipinski definition) is 1. The Bertz CT molecular complexity index is 1270. The number of allylic oxidation sites excluding steroid dienone is 2. The summed E-state index contributed by atoms with van der Waals surface area (Å²) in [5.41, 5.74) is 5.44. The van der Waals surface area contributed by atoms with E-state index in [2.05, 4.69) is 51.2 Å². The van der Waals surface area contributed by atoms with E-state index in [0.717, 1.165) is 61.2 Å². The molecule has 1 aliphatic carbocycles. The fourth-order valence-corrected chi connectivity index (χ4v) is 6.33. The molecule has 0 saturated heterocycles. The molecular weight excluding hydrogens is 482 g/mol. The van der Waals surface area contributed by atoms with Crippen LogP contribution in [-0.2, 0) is 17.6 Å². The van der Waals surface area contributed by atoms with Gasteiger partial charge in [0.15, 0.2) is 5.82 Å². The number of carbonyl (C=O) groups excluding carboxylic acids is 1. The fraction of sp³-hybridized carbons (Fsp3) is 0.441. The zero-order valence-electron chi connectivity index (χ0n) is 24.2. The van der Waals surface area contributed by atoms with Crippen LogP contribution >= 0.6 is 0 Å². The van der Waals surface area contributed by atoms with E-state index in [1.807, 2.05) is 42.5 Å². The van der Waals surface area contributed by atoms with E-state index in [9.17, 15) is 4.79 Å². The fourth-order valence-electron chi connectivity index (χ4n) is 6.33. The molecule has 206 valence electrons. The normalized spacial score (nSPS) is 22.7. The minimum Gasteiger partial charge on any atom is -0.497 e. The predicted octanol–water partition coefficient (Wildman–Crippen LogP) is 8.06. The third-order valence-corrected chi connectivity index (χ3v) is 7.69. The summed E-state index contributed by atoms with van der Waals surface area (Å²) in [7, 11) is 1.67. The van der Waals surface area contributed by atoms with Crippen LogP contribution in [0.15, 0.2) is 72.4 Å². The topological polar surface area (TPSA) is 64.1 Å². The number of amides is 1. The number of benzene rings is 2. The van der Waals surface area contributed by atoms with Crippen molar-refractivity contribution in [1.82, 2.24) is 9.97 Å². The molecule has 3 aromatic rings. The van der Waals surface area contributed by atoms with Gasteiger partial charge in [0.25, 0.3) is 0 Å². The van der Waals surface area contributed by atoms with Gasteiger partial charge in [0.1, 0.15) is 5.75 Å². The second kappa shape index (κ2) is 13.1. The summed E-state index contributed by atoms with van der Waals surface area (Å²) in [6.07, 6.45) is 10.4. The zero-order valence-corrected chi connectivity index (χ0v) is 24.2. The molecule has 1 amide bonds. The number of methoxy groups -OCH3 is 1. The van der Waals surface area contributed by atoms with Crippen molar-refractivity contribution >= 4 is 11.7 Å². The molecule has 0 fully saturated rings. The summed E-state index contributed by atoms with van der Waals surface area (Å²) in [6, 6.07) is 18.2. The van der Waals surface area contributed by atoms with Gasteiger partial charge in [-0.1, -0.05) is 62.8 Å². The number of carbonyl (C=O) groups is 1. The van der Waals surface area contributed by atoms with Crippen molar-refractivity contribution < 1.29 is 9.53 Å². The molecule has 0 spiro atoms. The van der Waals surface area contributed by atoms with E-state index in [1.54, 1.807) is 13.3 Å². The third-order valence-electron chi connectivity index (χ3n) is 7.69. The van der Waals surface area contributed by atoms with Gasteiger partial charge < -0.3 is 10.1 Å². The third kappa shape index (κ3) is 8.26. The van der Waals surface area contributed by atoms with Crippen molar-refractivity contribution in [1.29, 1.82) is 0 Å². The number of aryl methyl sites for hydroxylation is 1. The average molecular weight is 526 g/mol. The Morgan fingerprint density at radius 3 is 2.54 bits per heavy atom. The molecule has 1 heterocycles. The van der Waals surface area contributed by atoms with Gasteiger partial charge in [-0.3, -0.25) is 4.79 Å². The molecule has 0 radical (unpaired) electrons. The Morgan fingerprint density at radius 2 is 1.82 bits per heavy atom. The molecule has 0 saturated carbocycles. The van der Waals surface area contributed by atoms with Gasteiger partial charge in [0.2, 0.25) is 5.91 Å². The maximum absolute atomic E-state index is 13.0. The molecule has 1 aliphatic rings. The van der Waals surface area contributed by atoms with Gasteiger partial charge in [-0.25, -0.2) is 9.97 Å². The molecule has 4 rings (SSSR count). The number of rotatable bonds is 9. The maximum atomic E-state index is 13.0. The average Bonchev–Trinajstić information content (AvgIpc) is 2.89. The number of nitrogens with one attached hydrogen (secondary N) is 1. The predicted molar refractivity (Wildman–Crippen MR) is 160 cm³/mol. The summed E-state index contributed by atoms with van der Waals surface area (Å²) in [5, 5.41) is 3.11. The van der Waals surface area contributed by atoms with Crippen LogP contribution in [0.5, 0.6) is 5.75 Å². The second-order valence-electron chi connectivity index (χ2n) is 11.9. The molecule has 39 heavy (non-hydrogen) atoms. The van der Waals surface area contributed by atoms with Crippen molar-refractivity contribution in [2.45, 2.75) is 72.6 Å². The van der Waals surface area contributed by atoms with Crippen molar-refractivity contribution in [3.05, 3.63) is 83.7 Å². The Labute approximate surface area is 234 Å². The van der Waals surface area contributed by atoms with Gasteiger partial charge in [-0.2, -0.15) is 0 Å². The molecular formula is C34H43N3O2. The molecule has 0 bridgehead atoms. The monoisotopic (exact) mass is 525 g/mol. The number of aromatic nitrogens is 2. The standard InChI is InChI=1S/C34H43N3O2/c1-24-18-25(2)20-34(4,21-26(3)19-24)22-30-33(37-32(38)13-9-12-27-10-7-6-8-11-27)35-23-31(36-30)28-14-16-29(39-5)17-15-28/h6-8,10-11,14-18,23,25-26H,9,12-13,19-22H2,1-5H3,(H,35,37,38)/b24-18+. The van der Waals surface area contributed by atoms with Crippen LogP contribution in [0.4, 0.5) is 5.82 Å². The van der Waals surface area contributed by atoms with Gasteiger partial charge in [0, 0.05) is 12.0 Å². The summed E-state index contributed by atoms with van der Waals surface area (Å²) >= 11 is 0. The number of hydrogen-bond acceptors (Lipinski definition) is 4. The molecule has 1 aromatic heterocycles. The Morgan fingerprint density at radius 1 is 1.08 bits per heavy atom.